The number of phosphoric ester groups is 2. The Morgan fingerprint density at radius 1 is 0.264 bits per heavy atom. The van der Waals surface area contributed by atoms with Crippen molar-refractivity contribution < 1.29 is 80.2 Å². The van der Waals surface area contributed by atoms with Crippen molar-refractivity contribution in [3.8, 4) is 0 Å². The molecule has 0 aliphatic heterocycles. The van der Waals surface area contributed by atoms with E-state index in [4.69, 9.17) is 37.0 Å². The topological polar surface area (TPSA) is 237 Å². The quantitative estimate of drug-likeness (QED) is 0.0169. The van der Waals surface area contributed by atoms with E-state index in [1.165, 1.54) is 19.3 Å². The first-order chi connectivity index (χ1) is 53.7. The molecule has 3 N–H and O–H groups in total. The van der Waals surface area contributed by atoms with Gasteiger partial charge in [0, 0.05) is 25.7 Å². The third-order valence-electron chi connectivity index (χ3n) is 15.6. The summed E-state index contributed by atoms with van der Waals surface area (Å²) in [5.41, 5.74) is 0. The van der Waals surface area contributed by atoms with Crippen molar-refractivity contribution in [3.63, 3.8) is 0 Å². The normalized spacial score (nSPS) is 15.0. The lowest BCUT2D eigenvalue weighted by Crippen LogP contribution is -2.30. The summed E-state index contributed by atoms with van der Waals surface area (Å²) < 4.78 is 68.4. The zero-order valence-corrected chi connectivity index (χ0v) is 69.1. The number of phosphoric acid groups is 2. The number of ether oxygens (including phenoxy) is 4. The minimum absolute atomic E-state index is 0.00825. The van der Waals surface area contributed by atoms with E-state index >= 15 is 0 Å². The predicted molar refractivity (Wildman–Crippen MR) is 454 cm³/mol. The van der Waals surface area contributed by atoms with Crippen LogP contribution in [0.4, 0.5) is 0 Å². The molecule has 0 aromatic rings. The predicted octanol–water partition coefficient (Wildman–Crippen LogP) is 24.2. The Labute approximate surface area is 664 Å². The smallest absolute Gasteiger partial charge is 0.462 e. The molecule has 616 valence electrons. The van der Waals surface area contributed by atoms with Gasteiger partial charge in [-0.3, -0.25) is 37.3 Å². The second kappa shape index (κ2) is 80.2. The Kier molecular flexibility index (Phi) is 75.2. The molecule has 110 heavy (non-hydrogen) atoms. The van der Waals surface area contributed by atoms with Crippen LogP contribution >= 0.6 is 15.6 Å². The molecule has 0 saturated carbocycles. The maximum Gasteiger partial charge on any atom is 0.472 e. The van der Waals surface area contributed by atoms with Gasteiger partial charge in [0.25, 0.3) is 0 Å². The van der Waals surface area contributed by atoms with Gasteiger partial charge in [-0.05, 0) is 173 Å². The minimum Gasteiger partial charge on any atom is -0.462 e. The maximum absolute atomic E-state index is 13.1. The summed E-state index contributed by atoms with van der Waals surface area (Å²) in [6, 6.07) is 0. The van der Waals surface area contributed by atoms with Gasteiger partial charge >= 0.3 is 39.5 Å². The summed E-state index contributed by atoms with van der Waals surface area (Å²) in [4.78, 5) is 73.1. The van der Waals surface area contributed by atoms with Crippen molar-refractivity contribution in [2.45, 2.75) is 277 Å². The van der Waals surface area contributed by atoms with Gasteiger partial charge in [0.2, 0.25) is 0 Å². The molecule has 0 bridgehead atoms. The number of rotatable bonds is 73. The summed E-state index contributed by atoms with van der Waals surface area (Å²) in [6.07, 6.45) is 103. The Bertz CT molecular complexity index is 3000. The van der Waals surface area contributed by atoms with E-state index in [1.807, 2.05) is 48.6 Å². The van der Waals surface area contributed by atoms with Crippen LogP contribution in [0.15, 0.2) is 231 Å². The number of carbonyl (C=O) groups excluding carboxylic acids is 4. The van der Waals surface area contributed by atoms with Gasteiger partial charge in [-0.2, -0.15) is 0 Å². The number of hydrogen-bond donors (Lipinski definition) is 3. The van der Waals surface area contributed by atoms with Crippen molar-refractivity contribution in [1.29, 1.82) is 0 Å². The van der Waals surface area contributed by atoms with E-state index < -0.39 is 97.5 Å². The van der Waals surface area contributed by atoms with Crippen LogP contribution in [0.1, 0.15) is 259 Å². The molecular weight excluding hydrogens is 1430 g/mol. The van der Waals surface area contributed by atoms with Gasteiger partial charge in [0.05, 0.1) is 26.4 Å². The minimum atomic E-state index is -5.04. The molecule has 0 aliphatic rings. The fraction of sp³-hybridized carbons (Fsp3) is 0.538. The molecule has 0 saturated heterocycles. The fourth-order valence-corrected chi connectivity index (χ4v) is 11.2. The van der Waals surface area contributed by atoms with E-state index in [9.17, 15) is 43.2 Å². The Hall–Kier alpha value is -6.88. The van der Waals surface area contributed by atoms with Crippen LogP contribution in [0, 0.1) is 0 Å². The highest BCUT2D eigenvalue weighted by molar-refractivity contribution is 7.47. The zero-order valence-electron chi connectivity index (χ0n) is 67.3. The standard InChI is InChI=1S/C91H140O17P2/c1-5-9-13-17-21-25-29-33-37-40-42-45-49-52-56-60-64-68-72-76-89(94)102-82-87(108-91(96)78-74-70-66-62-58-54-50-46-43-41-38-34-30-26-22-18-14-10-6-2)84-106-110(99,100)104-80-85(92)79-103-109(97,98)105-83-86(107-90(95)77-73-69-65-61-57-53-47-36-32-28-24-20-16-12-8-4)81-101-88(93)75-71-67-63-59-55-51-48-44-39-35-31-27-23-19-15-11-7-3/h9-11,13-15,21-28,33-39,42-43,45-48,51-52,54,56,58-59,63-64,66,68,70,85-87,92H,5-8,12,16-20,29-32,40-41,44,49-50,53,55,57,60-62,65,67,69,71-84H2,1-4H3,(H,97,98)(H,99,100)/b13-9-,14-10-,15-11-,25-21-,26-22-,27-23-,28-24-,37-33-,38-34-,39-35-,45-42-,46-43-,47-36-,51-48-,56-52-,58-54-,63-59-,68-64-,70-66-. The van der Waals surface area contributed by atoms with Crippen molar-refractivity contribution >= 4 is 39.5 Å². The van der Waals surface area contributed by atoms with Gasteiger partial charge in [0.1, 0.15) is 19.3 Å². The summed E-state index contributed by atoms with van der Waals surface area (Å²) in [5.74, 6) is -2.49. The second-order valence-corrected chi connectivity index (χ2v) is 28.8. The SMILES string of the molecule is CC/C=C\C/C=C\C/C=C\C/C=C\C/C=C\C/C=C\CCC(=O)OCC(COP(=O)(O)OCC(O)COP(=O)(O)OCC(COC(=O)CCC/C=C\C/C=C\C/C=C\C/C=C\C/C=C\CC)OC(=O)CCCCCCC/C=C\C/C=C\CCCCC)OC(=O)CC/C=C\C/C=C\C/C=C\C/C=C\C/C=C\C/C=C\CC. The summed E-state index contributed by atoms with van der Waals surface area (Å²) in [7, 11) is -10.1. The fourth-order valence-electron chi connectivity index (χ4n) is 9.57. The second-order valence-electron chi connectivity index (χ2n) is 25.9. The molecule has 0 aromatic heterocycles. The average molecular weight is 1570 g/mol. The van der Waals surface area contributed by atoms with Crippen molar-refractivity contribution in [2.75, 3.05) is 39.6 Å². The van der Waals surface area contributed by atoms with Gasteiger partial charge in [-0.1, -0.05) is 291 Å². The van der Waals surface area contributed by atoms with Gasteiger partial charge < -0.3 is 33.8 Å². The van der Waals surface area contributed by atoms with Gasteiger partial charge in [-0.15, -0.1) is 0 Å². The maximum atomic E-state index is 13.1. The number of carbonyl (C=O) groups is 4. The van der Waals surface area contributed by atoms with Crippen LogP contribution in [0.3, 0.4) is 0 Å². The molecule has 0 radical (unpaired) electrons. The molecule has 0 amide bonds. The first kappa shape index (κ1) is 103. The van der Waals surface area contributed by atoms with Gasteiger partial charge in [0.15, 0.2) is 12.2 Å². The highest BCUT2D eigenvalue weighted by Crippen LogP contribution is 2.45. The number of esters is 4. The largest absolute Gasteiger partial charge is 0.472 e. The number of allylic oxidation sites excluding steroid dienone is 38. The highest BCUT2D eigenvalue weighted by Gasteiger charge is 2.30. The van der Waals surface area contributed by atoms with E-state index in [2.05, 4.69) is 210 Å². The monoisotopic (exact) mass is 1570 g/mol. The van der Waals surface area contributed by atoms with E-state index in [-0.39, 0.29) is 25.7 Å². The zero-order chi connectivity index (χ0) is 80.3. The lowest BCUT2D eigenvalue weighted by atomic mass is 10.1. The number of aliphatic hydroxyl groups excluding tert-OH is 1. The number of aliphatic hydroxyl groups is 1. The van der Waals surface area contributed by atoms with Crippen LogP contribution < -0.4 is 0 Å². The molecular formula is C91H140O17P2. The third-order valence-corrected chi connectivity index (χ3v) is 17.5. The lowest BCUT2D eigenvalue weighted by Gasteiger charge is -2.21. The van der Waals surface area contributed by atoms with E-state index in [0.717, 1.165) is 141 Å². The van der Waals surface area contributed by atoms with Crippen LogP contribution in [-0.4, -0.2) is 96.7 Å². The summed E-state index contributed by atoms with van der Waals surface area (Å²) in [6.45, 7) is 4.21. The lowest BCUT2D eigenvalue weighted by molar-refractivity contribution is -0.161. The molecule has 0 heterocycles. The van der Waals surface area contributed by atoms with Crippen molar-refractivity contribution in [2.24, 2.45) is 0 Å². The average Bonchev–Trinajstić information content (AvgIpc) is 0.900. The van der Waals surface area contributed by atoms with Crippen molar-refractivity contribution in [3.05, 3.63) is 231 Å². The van der Waals surface area contributed by atoms with Crippen LogP contribution in [-0.2, 0) is 65.4 Å². The van der Waals surface area contributed by atoms with Gasteiger partial charge in [-0.25, -0.2) is 9.13 Å². The number of hydrogen-bond acceptors (Lipinski definition) is 15. The summed E-state index contributed by atoms with van der Waals surface area (Å²) >= 11 is 0. The molecule has 17 nitrogen and oxygen atoms in total. The highest BCUT2D eigenvalue weighted by atomic mass is 31.2. The van der Waals surface area contributed by atoms with Crippen LogP contribution in [0.25, 0.3) is 0 Å². The first-order valence-electron chi connectivity index (χ1n) is 40.6. The van der Waals surface area contributed by atoms with E-state index in [0.29, 0.717) is 44.9 Å². The molecule has 19 heteroatoms. The molecule has 5 atom stereocenters. The molecule has 0 spiro atoms. The Balaban J connectivity index is 5.61. The molecule has 0 aliphatic carbocycles. The van der Waals surface area contributed by atoms with E-state index in [1.54, 1.807) is 0 Å². The Morgan fingerprint density at radius 3 is 0.827 bits per heavy atom. The molecule has 0 rings (SSSR count). The first-order valence-corrected chi connectivity index (χ1v) is 43.6. The third kappa shape index (κ3) is 79.2. The Morgan fingerprint density at radius 2 is 0.500 bits per heavy atom. The van der Waals surface area contributed by atoms with Crippen molar-refractivity contribution in [1.82, 2.24) is 0 Å². The summed E-state index contributed by atoms with van der Waals surface area (Å²) in [5, 5.41) is 10.7. The van der Waals surface area contributed by atoms with Crippen LogP contribution in [0.5, 0.6) is 0 Å². The van der Waals surface area contributed by atoms with Crippen LogP contribution in [0.2, 0.25) is 0 Å². The molecule has 0 aromatic carbocycles. The molecule has 5 unspecified atom stereocenters. The molecule has 0 fully saturated rings. The number of unbranched alkanes of at least 4 members (excludes halogenated alkanes) is 9.